The number of carbonyl (C=O) groups is 4. The Labute approximate surface area is 205 Å². The molecule has 1 unspecified atom stereocenters. The van der Waals surface area contributed by atoms with E-state index in [-0.39, 0.29) is 0 Å². The largest absolute Gasteiger partial charge is 0.547 e. The minimum atomic E-state index is -2.38. The van der Waals surface area contributed by atoms with Crippen molar-refractivity contribution in [2.24, 2.45) is 5.92 Å². The summed E-state index contributed by atoms with van der Waals surface area (Å²) < 4.78 is 2.20. The van der Waals surface area contributed by atoms with Gasteiger partial charge in [0.15, 0.2) is 12.2 Å². The van der Waals surface area contributed by atoms with Gasteiger partial charge < -0.3 is 59.4 Å². The highest BCUT2D eigenvalue weighted by molar-refractivity contribution is 5.82. The third-order valence-electron chi connectivity index (χ3n) is 4.41. The fourth-order valence-corrected chi connectivity index (χ4v) is 2.19. The molecule has 0 saturated heterocycles. The fraction of sp³-hybridized carbons (Fsp3) is 0.810. The second-order valence-corrected chi connectivity index (χ2v) is 10.2. The average Bonchev–Trinajstić information content (AvgIpc) is 2.69. The molecule has 208 valence electrons. The molecule has 0 bridgehead atoms. The summed E-state index contributed by atoms with van der Waals surface area (Å²) in [7, 11) is 13.7. The van der Waals surface area contributed by atoms with Crippen molar-refractivity contribution in [1.82, 2.24) is 0 Å². The van der Waals surface area contributed by atoms with Crippen LogP contribution in [0.15, 0.2) is 0 Å². The number of hydrogen-bond donors (Lipinski definition) is 6. The monoisotopic (exact) mass is 514 g/mol. The van der Waals surface area contributed by atoms with Crippen LogP contribution in [0.3, 0.4) is 0 Å². The average molecular weight is 515 g/mol. The van der Waals surface area contributed by atoms with Gasteiger partial charge in [-0.05, 0) is 25.2 Å². The number of carbonyl (C=O) groups excluding carboxylic acids is 2. The van der Waals surface area contributed by atoms with Crippen LogP contribution in [0, 0.1) is 5.92 Å². The second-order valence-electron chi connectivity index (χ2n) is 10.2. The molecule has 0 aliphatic rings. The van der Waals surface area contributed by atoms with Crippen LogP contribution < -0.4 is 10.2 Å². The van der Waals surface area contributed by atoms with Gasteiger partial charge in [-0.1, -0.05) is 6.92 Å². The number of hydrogen-bond acceptors (Lipinski definition) is 10. The van der Waals surface area contributed by atoms with E-state index in [0.717, 1.165) is 14.9 Å². The Morgan fingerprint density at radius 3 is 1.14 bits per heavy atom. The zero-order valence-electron chi connectivity index (χ0n) is 21.4. The van der Waals surface area contributed by atoms with Crippen LogP contribution >= 0.6 is 0 Å². The summed E-state index contributed by atoms with van der Waals surface area (Å²) in [5.74, 6) is -6.77. The summed E-state index contributed by atoms with van der Waals surface area (Å²) in [5, 5.41) is 68.3. The first kappa shape index (κ1) is 37.2. The zero-order valence-corrected chi connectivity index (χ0v) is 21.4. The van der Waals surface area contributed by atoms with Crippen LogP contribution in [0.4, 0.5) is 0 Å². The molecule has 0 fully saturated rings. The Morgan fingerprint density at radius 1 is 0.629 bits per heavy atom. The van der Waals surface area contributed by atoms with E-state index < -0.39 is 48.3 Å². The summed E-state index contributed by atoms with van der Waals surface area (Å²) in [4.78, 5) is 38.8. The van der Waals surface area contributed by atoms with Crippen molar-refractivity contribution in [2.45, 2.75) is 50.6 Å². The van der Waals surface area contributed by atoms with E-state index >= 15 is 0 Å². The normalized spacial score (nSPS) is 15.6. The summed E-state index contributed by atoms with van der Waals surface area (Å²) >= 11 is 0. The lowest BCUT2D eigenvalue weighted by atomic mass is 10.0. The molecule has 0 aliphatic carbocycles. The van der Waals surface area contributed by atoms with Crippen LogP contribution in [0.5, 0.6) is 0 Å². The number of aliphatic hydroxyl groups is 4. The van der Waals surface area contributed by atoms with Gasteiger partial charge in [0.25, 0.3) is 0 Å². The van der Waals surface area contributed by atoms with Crippen LogP contribution in [0.2, 0.25) is 0 Å². The number of quaternary nitrogens is 2. The lowest BCUT2D eigenvalue weighted by Gasteiger charge is -2.27. The molecular formula is C21H42N2O12. The van der Waals surface area contributed by atoms with Crippen LogP contribution in [-0.4, -0.2) is 143 Å². The van der Waals surface area contributed by atoms with Crippen LogP contribution in [0.25, 0.3) is 0 Å². The number of carboxylic acids is 4. The van der Waals surface area contributed by atoms with E-state index in [1.807, 2.05) is 0 Å². The van der Waals surface area contributed by atoms with Gasteiger partial charge in [-0.2, -0.15) is 0 Å². The smallest absolute Gasteiger partial charge is 0.335 e. The first-order valence-corrected chi connectivity index (χ1v) is 10.7. The van der Waals surface area contributed by atoms with Crippen molar-refractivity contribution in [2.75, 3.05) is 55.4 Å². The number of nitrogens with zero attached hydrogens (tertiary/aromatic N) is 2. The van der Waals surface area contributed by atoms with E-state index in [1.54, 1.807) is 0 Å². The molecule has 0 aromatic carbocycles. The molecule has 0 spiro atoms. The van der Waals surface area contributed by atoms with Gasteiger partial charge >= 0.3 is 11.9 Å². The molecule has 0 amide bonds. The summed E-state index contributed by atoms with van der Waals surface area (Å²) in [6, 6.07) is 0. The molecule has 0 heterocycles. The minimum absolute atomic E-state index is 0.883. The Balaban J connectivity index is -0.000000454. The summed E-state index contributed by atoms with van der Waals surface area (Å²) in [5.41, 5.74) is 0. The zero-order chi connectivity index (χ0) is 28.7. The summed E-state index contributed by atoms with van der Waals surface area (Å²) in [6.45, 7) is 4.99. The minimum Gasteiger partial charge on any atom is -0.547 e. The Hall–Kier alpha value is -2.36. The van der Waals surface area contributed by atoms with Crippen LogP contribution in [0.1, 0.15) is 26.2 Å². The Morgan fingerprint density at radius 2 is 0.943 bits per heavy atom. The highest BCUT2D eigenvalue weighted by Crippen LogP contribution is 2.13. The van der Waals surface area contributed by atoms with Gasteiger partial charge in [0.1, 0.15) is 12.2 Å². The molecule has 14 nitrogen and oxygen atoms in total. The molecule has 0 radical (unpaired) electrons. The van der Waals surface area contributed by atoms with E-state index in [0.29, 0.717) is 0 Å². The highest BCUT2D eigenvalue weighted by Gasteiger charge is 2.24. The molecule has 35 heavy (non-hydrogen) atoms. The highest BCUT2D eigenvalue weighted by atomic mass is 16.4. The van der Waals surface area contributed by atoms with Crippen molar-refractivity contribution in [1.29, 1.82) is 0 Å². The summed E-state index contributed by atoms with van der Waals surface area (Å²) in [6.07, 6.45) is -5.30. The van der Waals surface area contributed by atoms with E-state index in [2.05, 4.69) is 49.2 Å². The van der Waals surface area contributed by atoms with E-state index in [9.17, 15) is 29.4 Å². The quantitative estimate of drug-likeness (QED) is 0.127. The van der Waals surface area contributed by atoms with Gasteiger partial charge in [0, 0.05) is 0 Å². The van der Waals surface area contributed by atoms with Gasteiger partial charge in [-0.15, -0.1) is 0 Å². The molecule has 0 aromatic heterocycles. The molecule has 6 N–H and O–H groups in total. The van der Waals surface area contributed by atoms with E-state index in [4.69, 9.17) is 30.6 Å². The van der Waals surface area contributed by atoms with Crippen molar-refractivity contribution >= 4 is 23.9 Å². The van der Waals surface area contributed by atoms with Gasteiger partial charge in [-0.25, -0.2) is 9.59 Å². The third-order valence-corrected chi connectivity index (χ3v) is 4.41. The first-order valence-electron chi connectivity index (χ1n) is 10.7. The topological polar surface area (TPSA) is 236 Å². The maximum Gasteiger partial charge on any atom is 0.335 e. The molecule has 5 atom stereocenters. The molecule has 14 heteroatoms. The number of aliphatic carboxylic acids is 4. The lowest BCUT2D eigenvalue weighted by Crippen LogP contribution is -2.46. The van der Waals surface area contributed by atoms with Gasteiger partial charge in [0.05, 0.1) is 67.3 Å². The number of carboxylic acid groups (broad SMARTS) is 4. The Bertz CT molecular complexity index is 586. The number of aliphatic hydroxyl groups excluding tert-OH is 4. The van der Waals surface area contributed by atoms with Crippen molar-refractivity contribution in [3.8, 4) is 0 Å². The van der Waals surface area contributed by atoms with Crippen molar-refractivity contribution in [3.63, 3.8) is 0 Å². The van der Waals surface area contributed by atoms with Crippen molar-refractivity contribution < 1.29 is 69.0 Å². The molecule has 0 saturated carbocycles. The number of rotatable bonds is 13. The van der Waals surface area contributed by atoms with E-state index in [1.165, 1.54) is 32.4 Å². The Kier molecular flexibility index (Phi) is 18.2. The fourth-order valence-electron chi connectivity index (χ4n) is 2.19. The first-order chi connectivity index (χ1) is 15.5. The van der Waals surface area contributed by atoms with Gasteiger partial charge in [0.2, 0.25) is 0 Å². The van der Waals surface area contributed by atoms with Crippen LogP contribution in [-0.2, 0) is 19.2 Å². The molecule has 0 rings (SSSR count). The maximum atomic E-state index is 9.74. The SMILES string of the molecule is CC(CCC[N+](C)(C)C)CC[N+](C)(C)C.O=C([O-])[C@H](O)[C@@H](O)C(=O)O.O=C([O-])[C@H](O)[C@@H](O)C(=O)O. The molecular weight excluding hydrogens is 472 g/mol. The lowest BCUT2D eigenvalue weighted by molar-refractivity contribution is -0.871. The predicted octanol–water partition coefficient (Wildman–Crippen LogP) is -4.71. The van der Waals surface area contributed by atoms with Crippen molar-refractivity contribution in [3.05, 3.63) is 0 Å². The second kappa shape index (κ2) is 17.1. The molecule has 0 aliphatic heterocycles. The third kappa shape index (κ3) is 23.2. The standard InChI is InChI=1S/C13H32N2.2C4H6O6/c1-13(10-12-15(5,6)7)9-8-11-14(2,3)4;2*5-1(3(7)8)2(6)4(9)10/h13H,8-12H2,1-7H3;2*1-2,5-6H,(H,7,8)(H,9,10)/q+2;;/p-2/t;2*1-,2-/m.11/s1. The molecule has 0 aromatic rings. The van der Waals surface area contributed by atoms with Gasteiger partial charge in [-0.3, -0.25) is 0 Å². The predicted molar refractivity (Wildman–Crippen MR) is 118 cm³/mol. The maximum absolute atomic E-state index is 9.74.